The zero-order chi connectivity index (χ0) is 25.7. The Morgan fingerprint density at radius 1 is 0.973 bits per heavy atom. The standard InChI is InChI=1S/C27H18BrClN2O4S2/c28-15-9-10-19(35-13-14-5-4-6-16(29)11-14)18(12-15)20-21-23(36-24-22(20)37-27(34)30-24)26(33)31(25(21)32)17-7-2-1-3-8-17/h1-12,20-21,23H,13H2,(H,30,34). The average Bonchev–Trinajstić information content (AvgIpc) is 3.38. The van der Waals surface area contributed by atoms with Crippen LogP contribution in [0.5, 0.6) is 5.75 Å². The van der Waals surface area contributed by atoms with Gasteiger partial charge in [0.25, 0.3) is 0 Å². The summed E-state index contributed by atoms with van der Waals surface area (Å²) in [6, 6.07) is 22.0. The fraction of sp³-hybridized carbons (Fsp3) is 0.148. The van der Waals surface area contributed by atoms with Crippen molar-refractivity contribution in [1.29, 1.82) is 0 Å². The molecule has 1 aromatic heterocycles. The molecule has 0 radical (unpaired) electrons. The number of hydrogen-bond acceptors (Lipinski definition) is 6. The van der Waals surface area contributed by atoms with Crippen LogP contribution in [0.4, 0.5) is 5.69 Å². The summed E-state index contributed by atoms with van der Waals surface area (Å²) in [5, 5.41) is 0.565. The number of thioether (sulfide) groups is 1. The van der Waals surface area contributed by atoms with Gasteiger partial charge in [-0.15, -0.1) is 0 Å². The SMILES string of the molecule is O=C1C2Sc3[nH]c(=O)sc3C(c3cc(Br)ccc3OCc3cccc(Cl)c3)C2C(=O)N1c1ccccc1. The fourth-order valence-corrected chi connectivity index (χ4v) is 7.96. The monoisotopic (exact) mass is 612 g/mol. The van der Waals surface area contributed by atoms with Gasteiger partial charge < -0.3 is 9.72 Å². The highest BCUT2D eigenvalue weighted by Crippen LogP contribution is 2.54. The molecule has 0 aliphatic carbocycles. The summed E-state index contributed by atoms with van der Waals surface area (Å²) in [5.41, 5.74) is 2.17. The van der Waals surface area contributed by atoms with Crippen molar-refractivity contribution >= 4 is 68.1 Å². The highest BCUT2D eigenvalue weighted by atomic mass is 79.9. The van der Waals surface area contributed by atoms with Crippen molar-refractivity contribution in [2.24, 2.45) is 5.92 Å². The number of para-hydroxylation sites is 1. The number of H-pyrrole nitrogens is 1. The Kier molecular flexibility index (Phi) is 6.48. The first-order valence-corrected chi connectivity index (χ1v) is 14.3. The van der Waals surface area contributed by atoms with Crippen LogP contribution in [0.3, 0.4) is 0 Å². The number of fused-ring (bicyclic) bond motifs is 2. The van der Waals surface area contributed by atoms with Crippen molar-refractivity contribution in [3.63, 3.8) is 0 Å². The van der Waals surface area contributed by atoms with Gasteiger partial charge in [0.1, 0.15) is 17.6 Å². The Morgan fingerprint density at radius 3 is 2.57 bits per heavy atom. The van der Waals surface area contributed by atoms with E-state index in [9.17, 15) is 14.4 Å². The maximum Gasteiger partial charge on any atom is 0.305 e. The molecule has 2 amide bonds. The Labute approximate surface area is 233 Å². The summed E-state index contributed by atoms with van der Waals surface area (Å²) >= 11 is 12.0. The number of halogens is 2. The molecule has 1 N–H and O–H groups in total. The molecule has 0 saturated carbocycles. The van der Waals surface area contributed by atoms with Crippen molar-refractivity contribution in [2.75, 3.05) is 4.90 Å². The second-order valence-corrected chi connectivity index (χ2v) is 12.2. The molecule has 3 unspecified atom stereocenters. The molecule has 4 aromatic rings. The lowest BCUT2D eigenvalue weighted by Gasteiger charge is -2.31. The van der Waals surface area contributed by atoms with E-state index in [4.69, 9.17) is 16.3 Å². The number of rotatable bonds is 5. The van der Waals surface area contributed by atoms with E-state index in [0.717, 1.165) is 31.8 Å². The molecule has 1 fully saturated rings. The van der Waals surface area contributed by atoms with Crippen LogP contribution in [0.2, 0.25) is 5.02 Å². The maximum absolute atomic E-state index is 13.9. The number of benzene rings is 3. The van der Waals surface area contributed by atoms with Gasteiger partial charge in [0.2, 0.25) is 11.8 Å². The molecule has 0 bridgehead atoms. The zero-order valence-electron chi connectivity index (χ0n) is 19.0. The van der Waals surface area contributed by atoms with Crippen molar-refractivity contribution in [3.05, 3.63) is 108 Å². The summed E-state index contributed by atoms with van der Waals surface area (Å²) < 4.78 is 7.05. The van der Waals surface area contributed by atoms with E-state index in [-0.39, 0.29) is 23.3 Å². The van der Waals surface area contributed by atoms with E-state index < -0.39 is 17.1 Å². The molecule has 3 heterocycles. The van der Waals surface area contributed by atoms with Crippen LogP contribution in [-0.4, -0.2) is 22.0 Å². The van der Waals surface area contributed by atoms with E-state index in [2.05, 4.69) is 20.9 Å². The molecule has 2 aliphatic heterocycles. The molecule has 6 nitrogen and oxygen atoms in total. The van der Waals surface area contributed by atoms with Crippen molar-refractivity contribution < 1.29 is 14.3 Å². The quantitative estimate of drug-likeness (QED) is 0.270. The number of carbonyl (C=O) groups excluding carboxylic acids is 2. The molecule has 3 atom stereocenters. The molecule has 2 aliphatic rings. The topological polar surface area (TPSA) is 79.5 Å². The van der Waals surface area contributed by atoms with Gasteiger partial charge >= 0.3 is 4.87 Å². The fourth-order valence-electron chi connectivity index (χ4n) is 4.87. The molecule has 1 saturated heterocycles. The number of ether oxygens (including phenoxy) is 1. The van der Waals surface area contributed by atoms with Crippen molar-refractivity contribution in [1.82, 2.24) is 4.98 Å². The molecule has 0 spiro atoms. The van der Waals surface area contributed by atoms with Crippen LogP contribution in [0, 0.1) is 5.92 Å². The normalized spacial score (nSPS) is 20.6. The number of carbonyl (C=O) groups is 2. The minimum atomic E-state index is -0.695. The number of aromatic nitrogens is 1. The predicted molar refractivity (Wildman–Crippen MR) is 149 cm³/mol. The number of imide groups is 1. The number of amides is 2. The lowest BCUT2D eigenvalue weighted by atomic mass is 9.82. The van der Waals surface area contributed by atoms with E-state index in [0.29, 0.717) is 21.5 Å². The van der Waals surface area contributed by atoms with Gasteiger partial charge in [0.05, 0.1) is 16.6 Å². The van der Waals surface area contributed by atoms with E-state index >= 15 is 0 Å². The van der Waals surface area contributed by atoms with Crippen molar-refractivity contribution in [2.45, 2.75) is 22.8 Å². The summed E-state index contributed by atoms with van der Waals surface area (Å²) in [6.45, 7) is 0.268. The minimum absolute atomic E-state index is 0.223. The van der Waals surface area contributed by atoms with Gasteiger partial charge in [-0.25, -0.2) is 4.90 Å². The van der Waals surface area contributed by atoms with Gasteiger partial charge in [0, 0.05) is 25.9 Å². The third-order valence-electron chi connectivity index (χ3n) is 6.43. The molecule has 10 heteroatoms. The van der Waals surface area contributed by atoms with Crippen LogP contribution in [0.15, 0.2) is 87.1 Å². The lowest BCUT2D eigenvalue weighted by molar-refractivity contribution is -0.122. The van der Waals surface area contributed by atoms with Crippen molar-refractivity contribution in [3.8, 4) is 5.75 Å². The zero-order valence-corrected chi connectivity index (χ0v) is 23.0. The van der Waals surface area contributed by atoms with Crippen LogP contribution < -0.4 is 14.5 Å². The molecular formula is C27H18BrClN2O4S2. The first kappa shape index (κ1) is 24.5. The smallest absolute Gasteiger partial charge is 0.305 e. The molecule has 37 heavy (non-hydrogen) atoms. The number of anilines is 1. The Hall–Kier alpha value is -2.85. The summed E-state index contributed by atoms with van der Waals surface area (Å²) in [5.74, 6) is -1.23. The largest absolute Gasteiger partial charge is 0.489 e. The maximum atomic E-state index is 13.9. The Bertz CT molecular complexity index is 1590. The summed E-state index contributed by atoms with van der Waals surface area (Å²) in [7, 11) is 0. The van der Waals surface area contributed by atoms with Gasteiger partial charge in [-0.05, 0) is 48.0 Å². The minimum Gasteiger partial charge on any atom is -0.489 e. The first-order chi connectivity index (χ1) is 17.9. The van der Waals surface area contributed by atoms with Gasteiger partial charge in [-0.2, -0.15) is 0 Å². The predicted octanol–water partition coefficient (Wildman–Crippen LogP) is 6.23. The van der Waals surface area contributed by atoms with Gasteiger partial charge in [0.15, 0.2) is 0 Å². The number of nitrogens with zero attached hydrogens (tertiary/aromatic N) is 1. The summed E-state index contributed by atoms with van der Waals surface area (Å²) in [4.78, 5) is 44.6. The van der Waals surface area contributed by atoms with Crippen LogP contribution >= 0.6 is 50.6 Å². The lowest BCUT2D eigenvalue weighted by Crippen LogP contribution is -2.32. The summed E-state index contributed by atoms with van der Waals surface area (Å²) in [6.07, 6.45) is 0. The van der Waals surface area contributed by atoms with Gasteiger partial charge in [-0.3, -0.25) is 14.4 Å². The molecule has 186 valence electrons. The number of nitrogens with one attached hydrogen (secondary N) is 1. The van der Waals surface area contributed by atoms with E-state index in [1.807, 2.05) is 42.5 Å². The first-order valence-electron chi connectivity index (χ1n) is 11.4. The van der Waals surface area contributed by atoms with Crippen LogP contribution in [-0.2, 0) is 16.2 Å². The Morgan fingerprint density at radius 2 is 1.78 bits per heavy atom. The third-order valence-corrected chi connectivity index (χ3v) is 9.56. The highest BCUT2D eigenvalue weighted by Gasteiger charge is 2.56. The molecule has 3 aromatic carbocycles. The molecular weight excluding hydrogens is 596 g/mol. The van der Waals surface area contributed by atoms with Crippen LogP contribution in [0.1, 0.15) is 21.9 Å². The Balaban J connectivity index is 1.45. The van der Waals surface area contributed by atoms with E-state index in [1.165, 1.54) is 16.7 Å². The number of hydrogen-bond donors (Lipinski definition) is 1. The van der Waals surface area contributed by atoms with Gasteiger partial charge in [-0.1, -0.05) is 81.0 Å². The number of thiazole rings is 1. The average molecular weight is 614 g/mol. The third kappa shape index (κ3) is 4.44. The second-order valence-electron chi connectivity index (χ2n) is 8.70. The number of aromatic amines is 1. The molecule has 6 rings (SSSR count). The van der Waals surface area contributed by atoms with Crippen LogP contribution in [0.25, 0.3) is 0 Å². The van der Waals surface area contributed by atoms with E-state index in [1.54, 1.807) is 30.3 Å². The highest BCUT2D eigenvalue weighted by molar-refractivity contribution is 9.10. The second kappa shape index (κ2) is 9.79.